The highest BCUT2D eigenvalue weighted by molar-refractivity contribution is 5.92. The van der Waals surface area contributed by atoms with Gasteiger partial charge in [-0.05, 0) is 38.9 Å². The fraction of sp³-hybridized carbons (Fsp3) is 0.571. The van der Waals surface area contributed by atoms with Crippen LogP contribution in [0.1, 0.15) is 31.7 Å². The van der Waals surface area contributed by atoms with Crippen molar-refractivity contribution in [3.63, 3.8) is 0 Å². The molecule has 1 fully saturated rings. The Hall–Kier alpha value is -2.25. The molecule has 1 aromatic rings. The van der Waals surface area contributed by atoms with E-state index in [0.29, 0.717) is 19.3 Å². The van der Waals surface area contributed by atoms with E-state index >= 15 is 0 Å². The van der Waals surface area contributed by atoms with Crippen LogP contribution in [-0.4, -0.2) is 61.9 Å². The molecule has 0 saturated carbocycles. The molecule has 7 heteroatoms. The minimum atomic E-state index is -0.834. The monoisotopic (exact) mass is 389 g/mol. The van der Waals surface area contributed by atoms with Crippen LogP contribution < -0.4 is 11.1 Å². The summed E-state index contributed by atoms with van der Waals surface area (Å²) in [6.45, 7) is 2.57. The fourth-order valence-corrected chi connectivity index (χ4v) is 3.37. The number of carbonyl (C=O) groups excluding carboxylic acids is 3. The van der Waals surface area contributed by atoms with Gasteiger partial charge in [0.25, 0.3) is 0 Å². The Morgan fingerprint density at radius 3 is 2.57 bits per heavy atom. The summed E-state index contributed by atoms with van der Waals surface area (Å²) in [7, 11) is 3.89. The van der Waals surface area contributed by atoms with Crippen LogP contribution in [-0.2, 0) is 25.5 Å². The van der Waals surface area contributed by atoms with Gasteiger partial charge in [0.2, 0.25) is 11.8 Å². The molecular formula is C21H31N3O4. The topological polar surface area (TPSA) is 102 Å². The average Bonchev–Trinajstić information content (AvgIpc) is 2.99. The number of nitrogens with zero attached hydrogens (tertiary/aromatic N) is 1. The highest BCUT2D eigenvalue weighted by Gasteiger charge is 2.37. The average molecular weight is 389 g/mol. The van der Waals surface area contributed by atoms with E-state index in [9.17, 15) is 14.4 Å². The van der Waals surface area contributed by atoms with Crippen LogP contribution in [0.25, 0.3) is 0 Å². The Balaban J connectivity index is 1.93. The standard InChI is InChI=1S/C21H31N3O4/c1-21(20(22)27,13-15-7-5-4-6-8-15)11-9-18(26)23-19-16(25)14-28-17(19)10-12-24(2)3/h4-8,17,19H,9-14H2,1-3H3,(H2,22,27)(H,23,26). The molecule has 0 aromatic heterocycles. The SMILES string of the molecule is CN(C)CCC1OCC(=O)C1NC(=O)CCC(C)(Cc1ccccc1)C(N)=O. The molecule has 2 rings (SSSR count). The number of benzene rings is 1. The van der Waals surface area contributed by atoms with Gasteiger partial charge in [-0.25, -0.2) is 0 Å². The lowest BCUT2D eigenvalue weighted by atomic mass is 9.79. The van der Waals surface area contributed by atoms with E-state index in [4.69, 9.17) is 10.5 Å². The molecule has 0 spiro atoms. The molecule has 0 radical (unpaired) electrons. The summed E-state index contributed by atoms with van der Waals surface area (Å²) in [6.07, 6.45) is 1.25. The number of rotatable bonds is 10. The Morgan fingerprint density at radius 1 is 1.29 bits per heavy atom. The predicted octanol–water partition coefficient (Wildman–Crippen LogP) is 0.905. The molecule has 1 heterocycles. The lowest BCUT2D eigenvalue weighted by Gasteiger charge is -2.26. The van der Waals surface area contributed by atoms with Crippen LogP contribution in [0, 0.1) is 5.41 Å². The van der Waals surface area contributed by atoms with Gasteiger partial charge in [0.05, 0.1) is 11.5 Å². The van der Waals surface area contributed by atoms with Gasteiger partial charge in [0.15, 0.2) is 5.78 Å². The van der Waals surface area contributed by atoms with Crippen molar-refractivity contribution in [2.75, 3.05) is 27.2 Å². The van der Waals surface area contributed by atoms with E-state index < -0.39 is 17.4 Å². The summed E-state index contributed by atoms with van der Waals surface area (Å²) in [5.74, 6) is -0.813. The first kappa shape index (κ1) is 22.0. The Kier molecular flexibility index (Phi) is 7.71. The summed E-state index contributed by atoms with van der Waals surface area (Å²) in [5, 5.41) is 2.79. The summed E-state index contributed by atoms with van der Waals surface area (Å²) in [6, 6.07) is 8.97. The molecule has 154 valence electrons. The maximum Gasteiger partial charge on any atom is 0.223 e. The summed E-state index contributed by atoms with van der Waals surface area (Å²) >= 11 is 0. The number of primary amides is 1. The molecule has 0 bridgehead atoms. The third kappa shape index (κ3) is 6.14. The maximum atomic E-state index is 12.5. The molecule has 1 aliphatic rings. The van der Waals surface area contributed by atoms with Crippen LogP contribution in [0.3, 0.4) is 0 Å². The van der Waals surface area contributed by atoms with Gasteiger partial charge in [0, 0.05) is 13.0 Å². The second-order valence-corrected chi connectivity index (χ2v) is 8.04. The van der Waals surface area contributed by atoms with Crippen LogP contribution >= 0.6 is 0 Å². The van der Waals surface area contributed by atoms with Gasteiger partial charge in [-0.1, -0.05) is 37.3 Å². The lowest BCUT2D eigenvalue weighted by molar-refractivity contribution is -0.129. The lowest BCUT2D eigenvalue weighted by Crippen LogP contribution is -2.46. The minimum Gasteiger partial charge on any atom is -0.369 e. The first-order valence-electron chi connectivity index (χ1n) is 9.63. The third-order valence-corrected chi connectivity index (χ3v) is 5.27. The number of hydrogen-bond donors (Lipinski definition) is 2. The van der Waals surface area contributed by atoms with Crippen LogP contribution in [0.5, 0.6) is 0 Å². The van der Waals surface area contributed by atoms with E-state index in [0.717, 1.165) is 12.1 Å². The van der Waals surface area contributed by atoms with Crippen molar-refractivity contribution in [1.29, 1.82) is 0 Å². The number of nitrogens with two attached hydrogens (primary N) is 1. The van der Waals surface area contributed by atoms with E-state index in [1.54, 1.807) is 6.92 Å². The molecule has 1 saturated heterocycles. The highest BCUT2D eigenvalue weighted by atomic mass is 16.5. The zero-order valence-corrected chi connectivity index (χ0v) is 16.9. The number of amides is 2. The van der Waals surface area contributed by atoms with Crippen molar-refractivity contribution in [2.45, 2.75) is 44.8 Å². The zero-order valence-electron chi connectivity index (χ0n) is 16.9. The molecule has 7 nitrogen and oxygen atoms in total. The van der Waals surface area contributed by atoms with Crippen LogP contribution in [0.2, 0.25) is 0 Å². The van der Waals surface area contributed by atoms with Crippen LogP contribution in [0.4, 0.5) is 0 Å². The Bertz CT molecular complexity index is 692. The summed E-state index contributed by atoms with van der Waals surface area (Å²) in [5.41, 5.74) is 5.79. The number of nitrogens with one attached hydrogen (secondary N) is 1. The third-order valence-electron chi connectivity index (χ3n) is 5.27. The van der Waals surface area contributed by atoms with Crippen molar-refractivity contribution < 1.29 is 19.1 Å². The summed E-state index contributed by atoms with van der Waals surface area (Å²) < 4.78 is 5.53. The molecule has 3 N–H and O–H groups in total. The van der Waals surface area contributed by atoms with Gasteiger partial charge in [-0.2, -0.15) is 0 Å². The fourth-order valence-electron chi connectivity index (χ4n) is 3.37. The van der Waals surface area contributed by atoms with E-state index in [1.807, 2.05) is 49.3 Å². The summed E-state index contributed by atoms with van der Waals surface area (Å²) in [4.78, 5) is 38.6. The zero-order chi connectivity index (χ0) is 20.7. The minimum absolute atomic E-state index is 0.0239. The molecule has 28 heavy (non-hydrogen) atoms. The van der Waals surface area contributed by atoms with Crippen LogP contribution in [0.15, 0.2) is 30.3 Å². The molecule has 0 aliphatic carbocycles. The highest BCUT2D eigenvalue weighted by Crippen LogP contribution is 2.28. The van der Waals surface area contributed by atoms with Gasteiger partial charge < -0.3 is 20.7 Å². The number of hydrogen-bond acceptors (Lipinski definition) is 5. The Labute approximate surface area is 166 Å². The number of carbonyl (C=O) groups is 3. The first-order valence-corrected chi connectivity index (χ1v) is 9.63. The predicted molar refractivity (Wildman–Crippen MR) is 107 cm³/mol. The smallest absolute Gasteiger partial charge is 0.223 e. The normalized spacial score (nSPS) is 21.5. The van der Waals surface area contributed by atoms with Gasteiger partial charge in [-0.3, -0.25) is 14.4 Å². The molecule has 1 aliphatic heterocycles. The molecule has 3 unspecified atom stereocenters. The van der Waals surface area contributed by atoms with Crippen molar-refractivity contribution in [1.82, 2.24) is 10.2 Å². The van der Waals surface area contributed by atoms with Gasteiger partial charge >= 0.3 is 0 Å². The Morgan fingerprint density at radius 2 is 1.96 bits per heavy atom. The first-order chi connectivity index (χ1) is 13.2. The van der Waals surface area contributed by atoms with Crippen molar-refractivity contribution in [3.8, 4) is 0 Å². The molecule has 3 atom stereocenters. The quantitative estimate of drug-likeness (QED) is 0.619. The van der Waals surface area contributed by atoms with E-state index in [2.05, 4.69) is 5.32 Å². The van der Waals surface area contributed by atoms with Gasteiger partial charge in [0.1, 0.15) is 12.6 Å². The number of Topliss-reactive ketones (excluding diaryl/α,β-unsaturated/α-hetero) is 1. The van der Waals surface area contributed by atoms with Crippen molar-refractivity contribution in [3.05, 3.63) is 35.9 Å². The number of ether oxygens (including phenoxy) is 1. The molecule has 1 aromatic carbocycles. The largest absolute Gasteiger partial charge is 0.369 e. The second-order valence-electron chi connectivity index (χ2n) is 8.04. The second kappa shape index (κ2) is 9.80. The van der Waals surface area contributed by atoms with Gasteiger partial charge in [-0.15, -0.1) is 0 Å². The molecular weight excluding hydrogens is 358 g/mol. The van der Waals surface area contributed by atoms with Crippen molar-refractivity contribution >= 4 is 17.6 Å². The number of ketones is 1. The van der Waals surface area contributed by atoms with Crippen molar-refractivity contribution in [2.24, 2.45) is 11.1 Å². The maximum absolute atomic E-state index is 12.5. The molecule has 2 amide bonds. The van der Waals surface area contributed by atoms with E-state index in [1.165, 1.54) is 0 Å². The van der Waals surface area contributed by atoms with E-state index in [-0.39, 0.29) is 30.8 Å².